The first-order chi connectivity index (χ1) is 11.9. The number of carbonyl (C=O) groups is 2. The lowest BCUT2D eigenvalue weighted by atomic mass is 9.96. The van der Waals surface area contributed by atoms with E-state index >= 15 is 0 Å². The molecule has 0 fully saturated rings. The van der Waals surface area contributed by atoms with E-state index in [1.165, 1.54) is 14.2 Å². The van der Waals surface area contributed by atoms with Crippen LogP contribution in [-0.2, 0) is 0 Å². The monoisotopic (exact) mass is 358 g/mol. The highest BCUT2D eigenvalue weighted by molar-refractivity contribution is 6.50. The fourth-order valence-corrected chi connectivity index (χ4v) is 2.72. The number of halogens is 1. The topological polar surface area (TPSA) is 77.5 Å². The van der Waals surface area contributed by atoms with E-state index < -0.39 is 11.6 Å². The van der Waals surface area contributed by atoms with Gasteiger partial charge in [-0.05, 0) is 19.1 Å². The maximum Gasteiger partial charge on any atom is 0.225 e. The summed E-state index contributed by atoms with van der Waals surface area (Å²) in [6.07, 6.45) is 0. The van der Waals surface area contributed by atoms with Gasteiger partial charge in [-0.3, -0.25) is 9.59 Å². The standard InChI is InChI=1S/C18H15ClN2O4/c1-9-4-5-13-15(20-9)18(23)14(19)16(17(13)22)21-10-6-11(24-2)8-12(7-10)25-3/h4-8,21H,1-3H3. The maximum absolute atomic E-state index is 12.7. The van der Waals surface area contributed by atoms with Gasteiger partial charge >= 0.3 is 0 Å². The first kappa shape index (κ1) is 17.0. The number of fused-ring (bicyclic) bond motifs is 1. The van der Waals surface area contributed by atoms with Crippen molar-refractivity contribution in [3.8, 4) is 11.5 Å². The summed E-state index contributed by atoms with van der Waals surface area (Å²) in [4.78, 5) is 29.3. The van der Waals surface area contributed by atoms with Gasteiger partial charge in [-0.25, -0.2) is 4.98 Å². The molecule has 25 heavy (non-hydrogen) atoms. The number of methoxy groups -OCH3 is 2. The van der Waals surface area contributed by atoms with Gasteiger partial charge in [-0.15, -0.1) is 0 Å². The first-order valence-electron chi connectivity index (χ1n) is 7.41. The van der Waals surface area contributed by atoms with Gasteiger partial charge in [0.05, 0.1) is 19.8 Å². The highest BCUT2D eigenvalue weighted by atomic mass is 35.5. The number of nitrogens with zero attached hydrogens (tertiary/aromatic N) is 1. The quantitative estimate of drug-likeness (QED) is 0.903. The third-order valence-electron chi connectivity index (χ3n) is 3.76. The van der Waals surface area contributed by atoms with Crippen LogP contribution in [0.4, 0.5) is 5.69 Å². The third kappa shape index (κ3) is 3.08. The van der Waals surface area contributed by atoms with Crippen LogP contribution in [-0.4, -0.2) is 30.8 Å². The zero-order valence-electron chi connectivity index (χ0n) is 13.8. The van der Waals surface area contributed by atoms with Crippen LogP contribution in [0.15, 0.2) is 41.1 Å². The largest absolute Gasteiger partial charge is 0.497 e. The Labute approximate surface area is 149 Å². The van der Waals surface area contributed by atoms with Gasteiger partial charge in [0, 0.05) is 29.6 Å². The molecular weight excluding hydrogens is 344 g/mol. The summed E-state index contributed by atoms with van der Waals surface area (Å²) in [6.45, 7) is 1.74. The van der Waals surface area contributed by atoms with E-state index in [0.29, 0.717) is 22.9 Å². The van der Waals surface area contributed by atoms with Crippen LogP contribution >= 0.6 is 11.6 Å². The van der Waals surface area contributed by atoms with E-state index in [0.717, 1.165) is 0 Å². The molecule has 1 aromatic heterocycles. The second kappa shape index (κ2) is 6.57. The summed E-state index contributed by atoms with van der Waals surface area (Å²) in [5.74, 6) is 0.183. The maximum atomic E-state index is 12.7. The number of aromatic nitrogens is 1. The van der Waals surface area contributed by atoms with Gasteiger partial charge in [-0.2, -0.15) is 0 Å². The third-order valence-corrected chi connectivity index (χ3v) is 4.12. The van der Waals surface area contributed by atoms with Crippen molar-refractivity contribution in [3.63, 3.8) is 0 Å². The van der Waals surface area contributed by atoms with Gasteiger partial charge in [0.1, 0.15) is 27.9 Å². The fraction of sp³-hybridized carbons (Fsp3) is 0.167. The Bertz CT molecular complexity index is 899. The molecule has 1 heterocycles. The molecule has 0 saturated heterocycles. The zero-order chi connectivity index (χ0) is 18.1. The molecule has 0 bridgehead atoms. The summed E-state index contributed by atoms with van der Waals surface area (Å²) in [5.41, 5.74) is 1.44. The van der Waals surface area contributed by atoms with E-state index in [1.807, 2.05) is 0 Å². The molecule has 1 aliphatic rings. The molecule has 0 atom stereocenters. The van der Waals surface area contributed by atoms with Gasteiger partial charge in [-0.1, -0.05) is 11.6 Å². The Morgan fingerprint density at radius 3 is 2.24 bits per heavy atom. The van der Waals surface area contributed by atoms with Crippen LogP contribution in [0.3, 0.4) is 0 Å². The molecule has 0 radical (unpaired) electrons. The van der Waals surface area contributed by atoms with Crippen LogP contribution in [0, 0.1) is 6.92 Å². The highest BCUT2D eigenvalue weighted by Crippen LogP contribution is 2.31. The second-order valence-electron chi connectivity index (χ2n) is 5.42. The van der Waals surface area contributed by atoms with Gasteiger partial charge in [0.25, 0.3) is 0 Å². The zero-order valence-corrected chi connectivity index (χ0v) is 14.6. The van der Waals surface area contributed by atoms with Crippen molar-refractivity contribution < 1.29 is 19.1 Å². The van der Waals surface area contributed by atoms with Gasteiger partial charge < -0.3 is 14.8 Å². The van der Waals surface area contributed by atoms with Gasteiger partial charge in [0.15, 0.2) is 0 Å². The Balaban J connectivity index is 2.03. The molecule has 1 aromatic carbocycles. The van der Waals surface area contributed by atoms with E-state index in [9.17, 15) is 9.59 Å². The van der Waals surface area contributed by atoms with Crippen molar-refractivity contribution in [3.05, 3.63) is 58.0 Å². The number of allylic oxidation sites excluding steroid dienone is 2. The minimum Gasteiger partial charge on any atom is -0.497 e. The van der Waals surface area contributed by atoms with E-state index in [-0.39, 0.29) is 22.0 Å². The number of nitrogens with one attached hydrogen (secondary N) is 1. The molecule has 0 saturated carbocycles. The molecule has 0 spiro atoms. The average molecular weight is 359 g/mol. The molecule has 1 N–H and O–H groups in total. The van der Waals surface area contributed by atoms with Crippen molar-refractivity contribution in [1.82, 2.24) is 4.98 Å². The Morgan fingerprint density at radius 2 is 1.64 bits per heavy atom. The van der Waals surface area contributed by atoms with E-state index in [4.69, 9.17) is 21.1 Å². The fourth-order valence-electron chi connectivity index (χ4n) is 2.50. The summed E-state index contributed by atoms with van der Waals surface area (Å²) < 4.78 is 10.4. The molecule has 0 amide bonds. The number of benzene rings is 1. The number of hydrogen-bond acceptors (Lipinski definition) is 6. The summed E-state index contributed by atoms with van der Waals surface area (Å²) in [7, 11) is 3.04. The Morgan fingerprint density at radius 1 is 1.00 bits per heavy atom. The molecule has 1 aliphatic carbocycles. The number of hydrogen-bond donors (Lipinski definition) is 1. The molecule has 2 aromatic rings. The predicted octanol–water partition coefficient (Wildman–Crippen LogP) is 3.35. The Kier molecular flexibility index (Phi) is 4.46. The lowest BCUT2D eigenvalue weighted by Crippen LogP contribution is -2.25. The molecule has 0 unspecified atom stereocenters. The van der Waals surface area contributed by atoms with Crippen LogP contribution in [0.5, 0.6) is 11.5 Å². The summed E-state index contributed by atoms with van der Waals surface area (Å²) in [6, 6.07) is 8.28. The SMILES string of the molecule is COc1cc(NC2=C(Cl)C(=O)c3nc(C)ccc3C2=O)cc(OC)c1. The van der Waals surface area contributed by atoms with Crippen LogP contribution in [0.25, 0.3) is 0 Å². The minimum atomic E-state index is -0.489. The van der Waals surface area contributed by atoms with Gasteiger partial charge in [0.2, 0.25) is 11.6 Å². The number of anilines is 1. The number of carbonyl (C=O) groups excluding carboxylic acids is 2. The lowest BCUT2D eigenvalue weighted by Gasteiger charge is -2.19. The smallest absolute Gasteiger partial charge is 0.225 e. The number of rotatable bonds is 4. The number of Topliss-reactive ketones (excluding diaryl/α,β-unsaturated/α-hetero) is 2. The molecule has 3 rings (SSSR count). The normalized spacial score (nSPS) is 13.6. The summed E-state index contributed by atoms with van der Waals surface area (Å²) >= 11 is 6.15. The van der Waals surface area contributed by atoms with Crippen molar-refractivity contribution in [2.45, 2.75) is 6.92 Å². The van der Waals surface area contributed by atoms with Crippen molar-refractivity contribution >= 4 is 28.9 Å². The molecule has 0 aliphatic heterocycles. The Hall–Kier alpha value is -2.86. The van der Waals surface area contributed by atoms with Crippen LogP contribution in [0.1, 0.15) is 26.5 Å². The van der Waals surface area contributed by atoms with Crippen LogP contribution in [0.2, 0.25) is 0 Å². The van der Waals surface area contributed by atoms with Crippen molar-refractivity contribution in [2.24, 2.45) is 0 Å². The average Bonchev–Trinajstić information content (AvgIpc) is 2.62. The molecule has 6 nitrogen and oxygen atoms in total. The molecule has 128 valence electrons. The first-order valence-corrected chi connectivity index (χ1v) is 7.79. The highest BCUT2D eigenvalue weighted by Gasteiger charge is 2.33. The number of ether oxygens (including phenoxy) is 2. The summed E-state index contributed by atoms with van der Waals surface area (Å²) in [5, 5.41) is 2.71. The number of pyridine rings is 1. The molecular formula is C18H15ClN2O4. The van der Waals surface area contributed by atoms with Crippen molar-refractivity contribution in [2.75, 3.05) is 19.5 Å². The van der Waals surface area contributed by atoms with Crippen LogP contribution < -0.4 is 14.8 Å². The van der Waals surface area contributed by atoms with E-state index in [2.05, 4.69) is 10.3 Å². The minimum absolute atomic E-state index is 0.000117. The number of aryl methyl sites for hydroxylation is 1. The lowest BCUT2D eigenvalue weighted by molar-refractivity contribution is 0.0978. The second-order valence-corrected chi connectivity index (χ2v) is 5.80. The molecule has 7 heteroatoms. The van der Waals surface area contributed by atoms with E-state index in [1.54, 1.807) is 37.3 Å². The predicted molar refractivity (Wildman–Crippen MR) is 93.7 cm³/mol. The number of ketones is 2. The van der Waals surface area contributed by atoms with Crippen molar-refractivity contribution in [1.29, 1.82) is 0 Å².